The second-order valence-corrected chi connectivity index (χ2v) is 5.95. The molecule has 0 spiro atoms. The molecule has 3 aromatic rings. The Kier molecular flexibility index (Phi) is 3.00. The van der Waals surface area contributed by atoms with Crippen molar-refractivity contribution < 1.29 is 8.42 Å². The lowest BCUT2D eigenvalue weighted by molar-refractivity contribution is 0.599. The van der Waals surface area contributed by atoms with Gasteiger partial charge in [0, 0.05) is 28.9 Å². The number of benzene rings is 2. The fourth-order valence-electron chi connectivity index (χ4n) is 2.30. The Morgan fingerprint density at radius 3 is 2.45 bits per heavy atom. The summed E-state index contributed by atoms with van der Waals surface area (Å²) >= 11 is 0. The number of fused-ring (bicyclic) bond motifs is 1. The molecular weight excluding hydrogens is 272 g/mol. The Labute approximate surface area is 116 Å². The summed E-state index contributed by atoms with van der Waals surface area (Å²) in [4.78, 5) is 4.17. The maximum atomic E-state index is 12.0. The summed E-state index contributed by atoms with van der Waals surface area (Å²) in [6.45, 7) is 0. The van der Waals surface area contributed by atoms with E-state index < -0.39 is 10.0 Å². The highest BCUT2D eigenvalue weighted by Gasteiger charge is 2.18. The minimum atomic E-state index is -3.84. The topological polar surface area (TPSA) is 73.1 Å². The molecule has 1 aromatic heterocycles. The van der Waals surface area contributed by atoms with Gasteiger partial charge in [0.1, 0.15) is 0 Å². The first-order chi connectivity index (χ1) is 9.57. The van der Waals surface area contributed by atoms with Gasteiger partial charge in [0.05, 0.1) is 4.90 Å². The van der Waals surface area contributed by atoms with Crippen LogP contribution in [0.25, 0.3) is 21.9 Å². The van der Waals surface area contributed by atoms with E-state index in [2.05, 4.69) is 4.98 Å². The standard InChI is InChI=1S/C15H12N2O2S/c16-20(18,19)15-13-6-2-1-4-11(13)7-8-14(15)12-5-3-9-17-10-12/h1-10H,(H2,16,18,19). The third-order valence-corrected chi connectivity index (χ3v) is 4.15. The monoisotopic (exact) mass is 284 g/mol. The number of hydrogen-bond acceptors (Lipinski definition) is 3. The highest BCUT2D eigenvalue weighted by Crippen LogP contribution is 2.32. The molecule has 0 atom stereocenters. The van der Waals surface area contributed by atoms with Gasteiger partial charge in [-0.15, -0.1) is 0 Å². The Bertz CT molecular complexity index is 875. The highest BCUT2D eigenvalue weighted by molar-refractivity contribution is 7.89. The zero-order valence-electron chi connectivity index (χ0n) is 10.5. The molecule has 3 rings (SSSR count). The number of primary sulfonamides is 1. The molecule has 0 aliphatic carbocycles. The molecule has 4 nitrogen and oxygen atoms in total. The SMILES string of the molecule is NS(=O)(=O)c1c(-c2cccnc2)ccc2ccccc12. The normalized spacial score (nSPS) is 11.7. The Morgan fingerprint density at radius 2 is 1.75 bits per heavy atom. The van der Waals surface area contributed by atoms with Crippen LogP contribution < -0.4 is 5.14 Å². The maximum Gasteiger partial charge on any atom is 0.239 e. The highest BCUT2D eigenvalue weighted by atomic mass is 32.2. The summed E-state index contributed by atoms with van der Waals surface area (Å²) in [5.74, 6) is 0. The zero-order valence-corrected chi connectivity index (χ0v) is 11.3. The van der Waals surface area contributed by atoms with Gasteiger partial charge in [-0.05, 0) is 11.5 Å². The van der Waals surface area contributed by atoms with Gasteiger partial charge in [0.2, 0.25) is 10.0 Å². The summed E-state index contributed by atoms with van der Waals surface area (Å²) in [5.41, 5.74) is 1.29. The van der Waals surface area contributed by atoms with Gasteiger partial charge in [-0.25, -0.2) is 13.6 Å². The van der Waals surface area contributed by atoms with Crippen LogP contribution in [-0.2, 0) is 10.0 Å². The molecule has 0 fully saturated rings. The van der Waals surface area contributed by atoms with Crippen molar-refractivity contribution in [1.29, 1.82) is 0 Å². The molecule has 0 aliphatic rings. The largest absolute Gasteiger partial charge is 0.264 e. The molecular formula is C15H12N2O2S. The fraction of sp³-hybridized carbons (Fsp3) is 0. The molecule has 0 saturated heterocycles. The van der Waals surface area contributed by atoms with E-state index in [1.165, 1.54) is 0 Å². The number of nitrogens with zero attached hydrogens (tertiary/aromatic N) is 1. The average molecular weight is 284 g/mol. The van der Waals surface area contributed by atoms with E-state index in [4.69, 9.17) is 5.14 Å². The van der Waals surface area contributed by atoms with Crippen molar-refractivity contribution in [3.63, 3.8) is 0 Å². The number of pyridine rings is 1. The van der Waals surface area contributed by atoms with E-state index in [0.29, 0.717) is 10.9 Å². The van der Waals surface area contributed by atoms with Crippen LogP contribution in [0.5, 0.6) is 0 Å². The summed E-state index contributed by atoms with van der Waals surface area (Å²) in [6, 6.07) is 14.5. The first-order valence-corrected chi connectivity index (χ1v) is 7.57. The van der Waals surface area contributed by atoms with Crippen LogP contribution in [0.1, 0.15) is 0 Å². The van der Waals surface area contributed by atoms with E-state index in [0.717, 1.165) is 10.9 Å². The average Bonchev–Trinajstić information content (AvgIpc) is 2.46. The van der Waals surface area contributed by atoms with E-state index in [1.54, 1.807) is 36.7 Å². The van der Waals surface area contributed by atoms with E-state index in [9.17, 15) is 8.42 Å². The third-order valence-electron chi connectivity index (χ3n) is 3.14. The molecule has 2 N–H and O–H groups in total. The fourth-order valence-corrected chi connectivity index (χ4v) is 3.28. The smallest absolute Gasteiger partial charge is 0.239 e. The minimum Gasteiger partial charge on any atom is -0.264 e. The molecule has 1 heterocycles. The van der Waals surface area contributed by atoms with Gasteiger partial charge < -0.3 is 0 Å². The lowest BCUT2D eigenvalue weighted by Gasteiger charge is -2.11. The summed E-state index contributed by atoms with van der Waals surface area (Å²) in [5, 5.41) is 6.87. The van der Waals surface area contributed by atoms with Crippen molar-refractivity contribution in [3.05, 3.63) is 60.9 Å². The van der Waals surface area contributed by atoms with Crippen molar-refractivity contribution in [3.8, 4) is 11.1 Å². The van der Waals surface area contributed by atoms with Gasteiger partial charge in [-0.3, -0.25) is 4.98 Å². The van der Waals surface area contributed by atoms with Gasteiger partial charge in [0.25, 0.3) is 0 Å². The van der Waals surface area contributed by atoms with Crippen LogP contribution in [-0.4, -0.2) is 13.4 Å². The predicted molar refractivity (Wildman–Crippen MR) is 78.6 cm³/mol. The maximum absolute atomic E-state index is 12.0. The minimum absolute atomic E-state index is 0.142. The van der Waals surface area contributed by atoms with Gasteiger partial charge >= 0.3 is 0 Å². The third kappa shape index (κ3) is 2.17. The van der Waals surface area contributed by atoms with Crippen molar-refractivity contribution in [2.45, 2.75) is 4.90 Å². The summed E-state index contributed by atoms with van der Waals surface area (Å²) in [6.07, 6.45) is 3.26. The Balaban J connectivity index is 2.45. The molecule has 5 heteroatoms. The zero-order chi connectivity index (χ0) is 14.2. The lowest BCUT2D eigenvalue weighted by Crippen LogP contribution is -2.14. The van der Waals surface area contributed by atoms with Crippen LogP contribution >= 0.6 is 0 Å². The molecule has 0 bridgehead atoms. The summed E-state index contributed by atoms with van der Waals surface area (Å²) < 4.78 is 24.0. The van der Waals surface area contributed by atoms with Gasteiger partial charge in [0.15, 0.2) is 0 Å². The number of aromatic nitrogens is 1. The van der Waals surface area contributed by atoms with Gasteiger partial charge in [-0.1, -0.05) is 42.5 Å². The molecule has 2 aromatic carbocycles. The molecule has 0 aliphatic heterocycles. The first kappa shape index (κ1) is 12.8. The van der Waals surface area contributed by atoms with Crippen molar-refractivity contribution in [2.75, 3.05) is 0 Å². The molecule has 0 amide bonds. The molecule has 0 unspecified atom stereocenters. The quantitative estimate of drug-likeness (QED) is 0.786. The van der Waals surface area contributed by atoms with Crippen LogP contribution in [0, 0.1) is 0 Å². The van der Waals surface area contributed by atoms with E-state index >= 15 is 0 Å². The summed E-state index contributed by atoms with van der Waals surface area (Å²) in [7, 11) is -3.84. The van der Waals surface area contributed by atoms with Crippen LogP contribution in [0.4, 0.5) is 0 Å². The van der Waals surface area contributed by atoms with Crippen molar-refractivity contribution >= 4 is 20.8 Å². The van der Waals surface area contributed by atoms with Crippen LogP contribution in [0.15, 0.2) is 65.8 Å². The Morgan fingerprint density at radius 1 is 0.950 bits per heavy atom. The van der Waals surface area contributed by atoms with Crippen LogP contribution in [0.3, 0.4) is 0 Å². The Hall–Kier alpha value is -2.24. The van der Waals surface area contributed by atoms with Crippen molar-refractivity contribution in [2.24, 2.45) is 5.14 Å². The first-order valence-electron chi connectivity index (χ1n) is 6.02. The number of hydrogen-bond donors (Lipinski definition) is 1. The number of nitrogens with two attached hydrogens (primary N) is 1. The predicted octanol–water partition coefficient (Wildman–Crippen LogP) is 2.55. The van der Waals surface area contributed by atoms with E-state index in [-0.39, 0.29) is 4.90 Å². The lowest BCUT2D eigenvalue weighted by atomic mass is 10.0. The second-order valence-electron chi connectivity index (χ2n) is 4.45. The molecule has 20 heavy (non-hydrogen) atoms. The van der Waals surface area contributed by atoms with E-state index in [1.807, 2.05) is 24.3 Å². The molecule has 100 valence electrons. The molecule has 0 saturated carbocycles. The number of rotatable bonds is 2. The van der Waals surface area contributed by atoms with Gasteiger partial charge in [-0.2, -0.15) is 0 Å². The number of sulfonamides is 1. The second kappa shape index (κ2) is 4.70. The molecule has 0 radical (unpaired) electrons. The van der Waals surface area contributed by atoms with Crippen molar-refractivity contribution in [1.82, 2.24) is 4.98 Å². The van der Waals surface area contributed by atoms with Crippen LogP contribution in [0.2, 0.25) is 0 Å².